The highest BCUT2D eigenvalue weighted by molar-refractivity contribution is 5.84. The molecule has 0 bridgehead atoms. The van der Waals surface area contributed by atoms with Crippen LogP contribution < -0.4 is 4.57 Å². The van der Waals surface area contributed by atoms with E-state index in [1.54, 1.807) is 6.07 Å². The molecule has 0 atom stereocenters. The summed E-state index contributed by atoms with van der Waals surface area (Å²) in [5.74, 6) is 1.01. The Morgan fingerprint density at radius 2 is 1.90 bits per heavy atom. The number of aryl methyl sites for hydroxylation is 2. The van der Waals surface area contributed by atoms with Crippen molar-refractivity contribution < 1.29 is 8.96 Å². The van der Waals surface area contributed by atoms with Gasteiger partial charge in [0.05, 0.1) is 5.56 Å². The molecule has 0 unspecified atom stereocenters. The van der Waals surface area contributed by atoms with Crippen molar-refractivity contribution in [3.8, 4) is 11.3 Å². The number of nitrogens with zero attached hydrogens (tertiary/aromatic N) is 3. The minimum absolute atomic E-state index is 0.175. The summed E-state index contributed by atoms with van der Waals surface area (Å²) in [5, 5.41) is 0. The normalized spacial score (nSPS) is 16.1. The van der Waals surface area contributed by atoms with Crippen LogP contribution in [-0.2, 0) is 7.05 Å². The Balaban J connectivity index is 1.88. The number of pyridine rings is 1. The fourth-order valence-corrected chi connectivity index (χ4v) is 4.24. The van der Waals surface area contributed by atoms with Gasteiger partial charge in [0.2, 0.25) is 5.69 Å². The lowest BCUT2D eigenvalue weighted by Crippen LogP contribution is -2.32. The van der Waals surface area contributed by atoms with Gasteiger partial charge in [0.25, 0.3) is 0 Å². The van der Waals surface area contributed by atoms with Crippen LogP contribution in [0.3, 0.4) is 0 Å². The fraction of sp³-hybridized carbons (Fsp3) is 0.269. The highest BCUT2D eigenvalue weighted by Gasteiger charge is 2.25. The molecule has 154 valence electrons. The summed E-state index contributed by atoms with van der Waals surface area (Å²) in [6.45, 7) is 4.03. The van der Waals surface area contributed by atoms with E-state index >= 15 is 0 Å². The molecule has 0 saturated heterocycles. The maximum Gasteiger partial charge on any atom is 0.220 e. The summed E-state index contributed by atoms with van der Waals surface area (Å²) in [5.41, 5.74) is 7.64. The molecule has 30 heavy (non-hydrogen) atoms. The van der Waals surface area contributed by atoms with Gasteiger partial charge >= 0.3 is 0 Å². The average Bonchev–Trinajstić information content (AvgIpc) is 2.88. The van der Waals surface area contributed by atoms with Crippen molar-refractivity contribution in [1.82, 2.24) is 9.80 Å². The van der Waals surface area contributed by atoms with Crippen molar-refractivity contribution in [2.75, 3.05) is 14.1 Å². The maximum atomic E-state index is 13.9. The first kappa shape index (κ1) is 20.1. The average molecular weight is 403 g/mol. The number of rotatable bonds is 3. The summed E-state index contributed by atoms with van der Waals surface area (Å²) in [6, 6.07) is 9.54. The molecule has 4 heteroatoms. The van der Waals surface area contributed by atoms with Crippen molar-refractivity contribution in [2.45, 2.75) is 26.7 Å². The molecular weight excluding hydrogens is 373 g/mol. The number of aromatic nitrogens is 1. The molecule has 2 aliphatic rings. The third-order valence-electron chi connectivity index (χ3n) is 5.86. The highest BCUT2D eigenvalue weighted by atomic mass is 19.1. The third kappa shape index (κ3) is 3.58. The summed E-state index contributed by atoms with van der Waals surface area (Å²) in [4.78, 5) is 4.46. The van der Waals surface area contributed by atoms with Crippen LogP contribution in [0.2, 0.25) is 0 Å². The van der Waals surface area contributed by atoms with Crippen LogP contribution in [0.15, 0.2) is 78.0 Å². The predicted molar refractivity (Wildman–Crippen MR) is 120 cm³/mol. The molecule has 3 heterocycles. The molecule has 0 N–H and O–H groups in total. The van der Waals surface area contributed by atoms with Crippen molar-refractivity contribution in [3.63, 3.8) is 0 Å². The fourth-order valence-electron chi connectivity index (χ4n) is 4.24. The Labute approximate surface area is 178 Å². The second-order valence-electron chi connectivity index (χ2n) is 8.29. The second-order valence-corrected chi connectivity index (χ2v) is 8.29. The standard InChI is InChI=1S/C26H29FN3/c1-18-8-6-10-25(28(3)4)30-17-21(12-14-24(18)30)22-9-7-15-29(5)26(22)20-11-13-23(27)19(2)16-20/h7,9-17H,6,8H2,1-5H3/q+1. The zero-order valence-corrected chi connectivity index (χ0v) is 18.4. The largest absolute Gasteiger partial charge is 0.364 e. The monoisotopic (exact) mass is 402 g/mol. The van der Waals surface area contributed by atoms with Crippen molar-refractivity contribution in [3.05, 3.63) is 95.0 Å². The molecule has 0 spiro atoms. The van der Waals surface area contributed by atoms with Crippen LogP contribution in [-0.4, -0.2) is 23.9 Å². The van der Waals surface area contributed by atoms with E-state index in [0.717, 1.165) is 35.2 Å². The molecule has 1 aromatic heterocycles. The minimum Gasteiger partial charge on any atom is -0.364 e. The topological polar surface area (TPSA) is 10.4 Å². The first-order chi connectivity index (χ1) is 14.4. The molecule has 0 amide bonds. The van der Waals surface area contributed by atoms with E-state index in [2.05, 4.69) is 71.9 Å². The number of hydrogen-bond acceptors (Lipinski definition) is 2. The molecule has 0 fully saturated rings. The Morgan fingerprint density at radius 3 is 2.63 bits per heavy atom. The van der Waals surface area contributed by atoms with Gasteiger partial charge in [0.15, 0.2) is 6.20 Å². The maximum absolute atomic E-state index is 13.9. The first-order valence-electron chi connectivity index (χ1n) is 10.4. The third-order valence-corrected chi connectivity index (χ3v) is 5.86. The predicted octanol–water partition coefficient (Wildman–Crippen LogP) is 5.31. The summed E-state index contributed by atoms with van der Waals surface area (Å²) < 4.78 is 16.0. The van der Waals surface area contributed by atoms with E-state index in [0.29, 0.717) is 5.56 Å². The van der Waals surface area contributed by atoms with Crippen molar-refractivity contribution in [1.29, 1.82) is 0 Å². The number of allylic oxidation sites excluding steroid dienone is 5. The summed E-state index contributed by atoms with van der Waals surface area (Å²) in [7, 11) is 6.22. The number of benzene rings is 1. The molecule has 0 radical (unpaired) electrons. The molecule has 2 aromatic rings. The van der Waals surface area contributed by atoms with Gasteiger partial charge in [0, 0.05) is 43.2 Å². The molecule has 0 saturated carbocycles. The lowest BCUT2D eigenvalue weighted by molar-refractivity contribution is -0.660. The van der Waals surface area contributed by atoms with Gasteiger partial charge in [-0.3, -0.25) is 0 Å². The Hall–Kier alpha value is -3.14. The van der Waals surface area contributed by atoms with Crippen LogP contribution in [0.5, 0.6) is 0 Å². The van der Waals surface area contributed by atoms with Crippen molar-refractivity contribution in [2.24, 2.45) is 7.05 Å². The smallest absolute Gasteiger partial charge is 0.220 e. The Bertz CT molecular complexity index is 1120. The summed E-state index contributed by atoms with van der Waals surface area (Å²) in [6.07, 6.45) is 13.1. The van der Waals surface area contributed by atoms with Gasteiger partial charge < -0.3 is 9.80 Å². The van der Waals surface area contributed by atoms with Crippen LogP contribution in [0, 0.1) is 12.7 Å². The molecule has 4 rings (SSSR count). The van der Waals surface area contributed by atoms with Gasteiger partial charge in [-0.25, -0.2) is 8.96 Å². The lowest BCUT2D eigenvalue weighted by Gasteiger charge is -2.32. The first-order valence-corrected chi connectivity index (χ1v) is 10.4. The van der Waals surface area contributed by atoms with Gasteiger partial charge in [-0.15, -0.1) is 0 Å². The molecular formula is C26H29FN3+. The zero-order valence-electron chi connectivity index (χ0n) is 18.4. The SMILES string of the molecule is CC1=C2C=CC(c3ccc[n+](C)c3-c3ccc(F)c(C)c3)=CN2C(N(C)C)=CCC1. The molecule has 1 aromatic carbocycles. The van der Waals surface area contributed by atoms with Gasteiger partial charge in [0.1, 0.15) is 18.7 Å². The Kier molecular flexibility index (Phi) is 5.33. The highest BCUT2D eigenvalue weighted by Crippen LogP contribution is 2.35. The van der Waals surface area contributed by atoms with E-state index in [4.69, 9.17) is 0 Å². The van der Waals surface area contributed by atoms with Crippen LogP contribution in [0.4, 0.5) is 4.39 Å². The van der Waals surface area contributed by atoms with E-state index in [9.17, 15) is 4.39 Å². The number of fused-ring (bicyclic) bond motifs is 1. The van der Waals surface area contributed by atoms with Crippen molar-refractivity contribution >= 4 is 5.57 Å². The van der Waals surface area contributed by atoms with E-state index in [1.165, 1.54) is 17.1 Å². The summed E-state index contributed by atoms with van der Waals surface area (Å²) >= 11 is 0. The number of hydrogen-bond donors (Lipinski definition) is 0. The quantitative estimate of drug-likeness (QED) is 0.644. The van der Waals surface area contributed by atoms with Crippen LogP contribution >= 0.6 is 0 Å². The van der Waals surface area contributed by atoms with Gasteiger partial charge in [-0.2, -0.15) is 0 Å². The van der Waals surface area contributed by atoms with Gasteiger partial charge in [-0.05, 0) is 74.2 Å². The Morgan fingerprint density at radius 1 is 1.10 bits per heavy atom. The minimum atomic E-state index is -0.175. The van der Waals surface area contributed by atoms with Crippen LogP contribution in [0.25, 0.3) is 16.8 Å². The number of halogens is 1. The van der Waals surface area contributed by atoms with E-state index in [1.807, 2.05) is 32.3 Å². The molecule has 3 nitrogen and oxygen atoms in total. The second kappa shape index (κ2) is 7.94. The van der Waals surface area contributed by atoms with Gasteiger partial charge in [-0.1, -0.05) is 6.08 Å². The molecule has 0 aliphatic carbocycles. The van der Waals surface area contributed by atoms with E-state index < -0.39 is 0 Å². The lowest BCUT2D eigenvalue weighted by atomic mass is 9.96. The zero-order chi connectivity index (χ0) is 21.4. The van der Waals surface area contributed by atoms with Crippen LogP contribution in [0.1, 0.15) is 30.9 Å². The van der Waals surface area contributed by atoms with E-state index in [-0.39, 0.29) is 5.82 Å². The molecule has 2 aliphatic heterocycles.